The van der Waals surface area contributed by atoms with Crippen LogP contribution in [0.1, 0.15) is 5.56 Å². The molecule has 0 atom stereocenters. The second-order valence-corrected chi connectivity index (χ2v) is 3.57. The molecule has 1 aromatic heterocycles. The molecular weight excluding hydrogens is 226 g/mol. The van der Waals surface area contributed by atoms with Crippen molar-refractivity contribution in [2.24, 2.45) is 0 Å². The highest BCUT2D eigenvalue weighted by atomic mass is 35.5. The van der Waals surface area contributed by atoms with Gasteiger partial charge in [-0.3, -0.25) is 0 Å². The number of methoxy groups -OCH3 is 1. The highest BCUT2D eigenvalue weighted by Crippen LogP contribution is 2.21. The lowest BCUT2D eigenvalue weighted by atomic mass is 10.1. The molecule has 0 aliphatic heterocycles. The summed E-state index contributed by atoms with van der Waals surface area (Å²) in [5, 5.41) is 0.130. The molecule has 5 heteroatoms. The minimum Gasteiger partial charge on any atom is -0.467 e. The maximum absolute atomic E-state index is 5.79. The zero-order valence-corrected chi connectivity index (χ0v) is 9.69. The fraction of sp³-hybridized carbons (Fsp3) is 0.182. The van der Waals surface area contributed by atoms with Gasteiger partial charge in [-0.15, -0.1) is 0 Å². The zero-order chi connectivity index (χ0) is 11.5. The van der Waals surface area contributed by atoms with Gasteiger partial charge in [0.2, 0.25) is 5.28 Å². The summed E-state index contributed by atoms with van der Waals surface area (Å²) in [7, 11) is 1.49. The molecule has 0 saturated carbocycles. The van der Waals surface area contributed by atoms with Crippen LogP contribution in [0.5, 0.6) is 6.01 Å². The number of benzene rings is 1. The van der Waals surface area contributed by atoms with Crippen LogP contribution < -0.4 is 4.74 Å². The summed E-state index contributed by atoms with van der Waals surface area (Å²) in [4.78, 5) is 12.1. The molecule has 0 radical (unpaired) electrons. The van der Waals surface area contributed by atoms with Gasteiger partial charge in [0.25, 0.3) is 0 Å². The molecule has 0 saturated heterocycles. The van der Waals surface area contributed by atoms with Gasteiger partial charge < -0.3 is 4.74 Å². The van der Waals surface area contributed by atoms with Crippen LogP contribution in [0.15, 0.2) is 24.3 Å². The Balaban J connectivity index is 2.56. The summed E-state index contributed by atoms with van der Waals surface area (Å²) in [5.41, 5.74) is 2.00. The largest absolute Gasteiger partial charge is 0.467 e. The van der Waals surface area contributed by atoms with E-state index in [2.05, 4.69) is 15.0 Å². The minimum absolute atomic E-state index is 0.130. The third kappa shape index (κ3) is 2.12. The van der Waals surface area contributed by atoms with E-state index in [1.54, 1.807) is 0 Å². The molecule has 0 spiro atoms. The first-order chi connectivity index (χ1) is 7.70. The summed E-state index contributed by atoms with van der Waals surface area (Å²) in [6.07, 6.45) is 0. The van der Waals surface area contributed by atoms with Crippen LogP contribution in [0.2, 0.25) is 5.28 Å². The van der Waals surface area contributed by atoms with E-state index < -0.39 is 0 Å². The normalized spacial score (nSPS) is 10.2. The van der Waals surface area contributed by atoms with Gasteiger partial charge in [-0.1, -0.05) is 24.3 Å². The molecule has 0 N–H and O–H groups in total. The number of halogens is 1. The summed E-state index contributed by atoms with van der Waals surface area (Å²) in [5.74, 6) is 0.523. The van der Waals surface area contributed by atoms with E-state index in [1.807, 2.05) is 31.2 Å². The lowest BCUT2D eigenvalue weighted by molar-refractivity contribution is 0.379. The van der Waals surface area contributed by atoms with Crippen molar-refractivity contribution in [3.8, 4) is 17.4 Å². The van der Waals surface area contributed by atoms with Crippen molar-refractivity contribution in [3.05, 3.63) is 35.1 Å². The van der Waals surface area contributed by atoms with E-state index in [0.29, 0.717) is 5.82 Å². The molecule has 82 valence electrons. The average molecular weight is 236 g/mol. The van der Waals surface area contributed by atoms with Gasteiger partial charge in [0.1, 0.15) is 0 Å². The number of hydrogen-bond donors (Lipinski definition) is 0. The molecule has 0 unspecified atom stereocenters. The van der Waals surface area contributed by atoms with Gasteiger partial charge in [0.15, 0.2) is 5.82 Å². The summed E-state index contributed by atoms with van der Waals surface area (Å²) in [6.45, 7) is 1.99. The minimum atomic E-state index is 0.130. The number of aromatic nitrogens is 3. The molecule has 0 aliphatic carbocycles. The van der Waals surface area contributed by atoms with Gasteiger partial charge in [-0.25, -0.2) is 0 Å². The van der Waals surface area contributed by atoms with Crippen LogP contribution in [0.25, 0.3) is 11.4 Å². The molecule has 0 bridgehead atoms. The SMILES string of the molecule is COc1nc(Cl)nc(-c2ccccc2C)n1. The van der Waals surface area contributed by atoms with Crippen molar-refractivity contribution in [2.75, 3.05) is 7.11 Å². The number of ether oxygens (including phenoxy) is 1. The summed E-state index contributed by atoms with van der Waals surface area (Å²) in [6, 6.07) is 8.02. The Morgan fingerprint density at radius 3 is 2.56 bits per heavy atom. The molecule has 0 amide bonds. The maximum Gasteiger partial charge on any atom is 0.321 e. The molecule has 2 rings (SSSR count). The smallest absolute Gasteiger partial charge is 0.321 e. The van der Waals surface area contributed by atoms with Gasteiger partial charge in [-0.2, -0.15) is 15.0 Å². The standard InChI is InChI=1S/C11H10ClN3O/c1-7-5-3-4-6-8(7)9-13-10(12)15-11(14-9)16-2/h3-6H,1-2H3. The third-order valence-electron chi connectivity index (χ3n) is 2.16. The Bertz CT molecular complexity index is 516. The lowest BCUT2D eigenvalue weighted by Crippen LogP contribution is -1.98. The molecule has 4 nitrogen and oxygen atoms in total. The van der Waals surface area contributed by atoms with E-state index in [-0.39, 0.29) is 11.3 Å². The van der Waals surface area contributed by atoms with Crippen LogP contribution in [-0.2, 0) is 0 Å². The van der Waals surface area contributed by atoms with Crippen molar-refractivity contribution in [2.45, 2.75) is 6.92 Å². The molecule has 0 aliphatic rings. The first-order valence-corrected chi connectivity index (χ1v) is 5.10. The van der Waals surface area contributed by atoms with Crippen LogP contribution in [-0.4, -0.2) is 22.1 Å². The van der Waals surface area contributed by atoms with Crippen LogP contribution in [0, 0.1) is 6.92 Å². The second-order valence-electron chi connectivity index (χ2n) is 3.23. The molecule has 2 aromatic rings. The van der Waals surface area contributed by atoms with E-state index in [1.165, 1.54) is 7.11 Å². The Hall–Kier alpha value is -1.68. The van der Waals surface area contributed by atoms with Crippen LogP contribution in [0.4, 0.5) is 0 Å². The quantitative estimate of drug-likeness (QED) is 0.803. The van der Waals surface area contributed by atoms with Crippen molar-refractivity contribution >= 4 is 11.6 Å². The second kappa shape index (κ2) is 4.45. The number of rotatable bonds is 2. The Morgan fingerprint density at radius 1 is 1.12 bits per heavy atom. The molecular formula is C11H10ClN3O. The highest BCUT2D eigenvalue weighted by molar-refractivity contribution is 6.28. The van der Waals surface area contributed by atoms with Crippen LogP contribution in [0.3, 0.4) is 0 Å². The number of aryl methyl sites for hydroxylation is 1. The molecule has 0 fully saturated rings. The van der Waals surface area contributed by atoms with Crippen molar-refractivity contribution in [1.82, 2.24) is 15.0 Å². The van der Waals surface area contributed by atoms with E-state index in [0.717, 1.165) is 11.1 Å². The number of nitrogens with zero attached hydrogens (tertiary/aromatic N) is 3. The average Bonchev–Trinajstić information content (AvgIpc) is 2.28. The zero-order valence-electron chi connectivity index (χ0n) is 8.94. The Morgan fingerprint density at radius 2 is 1.88 bits per heavy atom. The van der Waals surface area contributed by atoms with Gasteiger partial charge in [0.05, 0.1) is 7.11 Å². The topological polar surface area (TPSA) is 47.9 Å². The predicted octanol–water partition coefficient (Wildman–Crippen LogP) is 2.51. The van der Waals surface area contributed by atoms with Crippen molar-refractivity contribution in [3.63, 3.8) is 0 Å². The van der Waals surface area contributed by atoms with Gasteiger partial charge in [0, 0.05) is 5.56 Å². The van der Waals surface area contributed by atoms with Crippen LogP contribution >= 0.6 is 11.6 Å². The third-order valence-corrected chi connectivity index (χ3v) is 2.33. The summed E-state index contributed by atoms with van der Waals surface area (Å²) >= 11 is 5.79. The number of hydrogen-bond acceptors (Lipinski definition) is 4. The molecule has 1 aromatic carbocycles. The predicted molar refractivity (Wildman–Crippen MR) is 61.6 cm³/mol. The Labute approximate surface area is 98.3 Å². The lowest BCUT2D eigenvalue weighted by Gasteiger charge is -2.05. The fourth-order valence-corrected chi connectivity index (χ4v) is 1.52. The first kappa shape index (κ1) is 10.8. The van der Waals surface area contributed by atoms with Crippen molar-refractivity contribution < 1.29 is 4.74 Å². The highest BCUT2D eigenvalue weighted by Gasteiger charge is 2.08. The van der Waals surface area contributed by atoms with Gasteiger partial charge >= 0.3 is 6.01 Å². The Kier molecular flexibility index (Phi) is 3.01. The van der Waals surface area contributed by atoms with E-state index in [9.17, 15) is 0 Å². The fourth-order valence-electron chi connectivity index (χ4n) is 1.37. The van der Waals surface area contributed by atoms with E-state index >= 15 is 0 Å². The van der Waals surface area contributed by atoms with Crippen molar-refractivity contribution in [1.29, 1.82) is 0 Å². The summed E-state index contributed by atoms with van der Waals surface area (Å²) < 4.78 is 4.95. The first-order valence-electron chi connectivity index (χ1n) is 4.72. The van der Waals surface area contributed by atoms with E-state index in [4.69, 9.17) is 16.3 Å². The monoisotopic (exact) mass is 235 g/mol. The molecule has 1 heterocycles. The van der Waals surface area contributed by atoms with Gasteiger partial charge in [-0.05, 0) is 24.1 Å². The maximum atomic E-state index is 5.79. The molecule has 16 heavy (non-hydrogen) atoms.